The Morgan fingerprint density at radius 1 is 1.43 bits per heavy atom. The van der Waals surface area contributed by atoms with Crippen LogP contribution in [0.15, 0.2) is 0 Å². The first kappa shape index (κ1) is 10.9. The maximum atomic E-state index is 11.4. The van der Waals surface area contributed by atoms with Gasteiger partial charge < -0.3 is 20.6 Å². The van der Waals surface area contributed by atoms with Gasteiger partial charge in [-0.2, -0.15) is 0 Å². The van der Waals surface area contributed by atoms with Crippen LogP contribution in [-0.2, 0) is 9.59 Å². The largest absolute Gasteiger partial charge is 0.390 e. The summed E-state index contributed by atoms with van der Waals surface area (Å²) in [4.78, 5) is 25.3. The summed E-state index contributed by atoms with van der Waals surface area (Å²) in [6.07, 6.45) is -0.754. The summed E-state index contributed by atoms with van der Waals surface area (Å²) < 4.78 is 0. The number of aliphatic hydroxyl groups is 1. The quantitative estimate of drug-likeness (QED) is 0.533. The van der Waals surface area contributed by atoms with Crippen molar-refractivity contribution in [2.45, 2.75) is 6.10 Å². The van der Waals surface area contributed by atoms with Crippen molar-refractivity contribution in [3.8, 4) is 0 Å². The molecule has 1 heterocycles. The zero-order valence-corrected chi connectivity index (χ0v) is 8.14. The Kier molecular flexibility index (Phi) is 3.43. The van der Waals surface area contributed by atoms with Gasteiger partial charge in [-0.1, -0.05) is 0 Å². The lowest BCUT2D eigenvalue weighted by molar-refractivity contribution is -0.149. The SMILES string of the molecule is CN1CC(=O)N(C[C@@H](O)CN)CC1=O. The summed E-state index contributed by atoms with van der Waals surface area (Å²) in [5, 5.41) is 9.24. The van der Waals surface area contributed by atoms with Gasteiger partial charge in [0.2, 0.25) is 11.8 Å². The van der Waals surface area contributed by atoms with E-state index in [-0.39, 0.29) is 38.0 Å². The molecule has 6 heteroatoms. The van der Waals surface area contributed by atoms with Gasteiger partial charge >= 0.3 is 0 Å². The lowest BCUT2D eigenvalue weighted by Crippen LogP contribution is -2.54. The van der Waals surface area contributed by atoms with Gasteiger partial charge in [-0.05, 0) is 0 Å². The number of β-amino-alcohol motifs (C(OH)–C–C–N with tert-alkyl or cyclic N) is 1. The Hall–Kier alpha value is -1.14. The predicted molar refractivity (Wildman–Crippen MR) is 49.3 cm³/mol. The average molecular weight is 201 g/mol. The number of rotatable bonds is 3. The van der Waals surface area contributed by atoms with E-state index in [1.54, 1.807) is 7.05 Å². The molecule has 1 rings (SSSR count). The van der Waals surface area contributed by atoms with Crippen LogP contribution in [0.4, 0.5) is 0 Å². The smallest absolute Gasteiger partial charge is 0.242 e. The maximum Gasteiger partial charge on any atom is 0.242 e. The second-order valence-electron chi connectivity index (χ2n) is 3.41. The highest BCUT2D eigenvalue weighted by atomic mass is 16.3. The van der Waals surface area contributed by atoms with Gasteiger partial charge in [0.15, 0.2) is 0 Å². The lowest BCUT2D eigenvalue weighted by Gasteiger charge is -2.32. The molecule has 1 saturated heterocycles. The molecule has 14 heavy (non-hydrogen) atoms. The van der Waals surface area contributed by atoms with Crippen LogP contribution < -0.4 is 5.73 Å². The van der Waals surface area contributed by atoms with Crippen molar-refractivity contribution in [1.82, 2.24) is 9.80 Å². The first-order chi connectivity index (χ1) is 6.54. The Labute approximate surface area is 82.3 Å². The molecule has 1 aliphatic heterocycles. The number of aliphatic hydroxyl groups excluding tert-OH is 1. The Morgan fingerprint density at radius 3 is 2.64 bits per heavy atom. The van der Waals surface area contributed by atoms with Crippen LogP contribution in [0, 0.1) is 0 Å². The monoisotopic (exact) mass is 201 g/mol. The first-order valence-corrected chi connectivity index (χ1v) is 4.44. The summed E-state index contributed by atoms with van der Waals surface area (Å²) in [6, 6.07) is 0. The minimum Gasteiger partial charge on any atom is -0.390 e. The van der Waals surface area contributed by atoms with Crippen molar-refractivity contribution in [2.75, 3.05) is 33.2 Å². The summed E-state index contributed by atoms with van der Waals surface area (Å²) in [5.41, 5.74) is 5.21. The number of carbonyl (C=O) groups excluding carboxylic acids is 2. The van der Waals surface area contributed by atoms with E-state index >= 15 is 0 Å². The Bertz CT molecular complexity index is 244. The maximum absolute atomic E-state index is 11.4. The number of hydrogen-bond acceptors (Lipinski definition) is 4. The number of carbonyl (C=O) groups is 2. The molecule has 6 nitrogen and oxygen atoms in total. The van der Waals surface area contributed by atoms with Crippen molar-refractivity contribution in [3.05, 3.63) is 0 Å². The van der Waals surface area contributed by atoms with Crippen molar-refractivity contribution >= 4 is 11.8 Å². The van der Waals surface area contributed by atoms with Gasteiger partial charge in [0.25, 0.3) is 0 Å². The molecule has 0 aromatic rings. The van der Waals surface area contributed by atoms with Crippen LogP contribution in [0.25, 0.3) is 0 Å². The van der Waals surface area contributed by atoms with Gasteiger partial charge in [-0.25, -0.2) is 0 Å². The summed E-state index contributed by atoms with van der Waals surface area (Å²) in [7, 11) is 1.58. The normalized spacial score (nSPS) is 20.2. The zero-order chi connectivity index (χ0) is 10.7. The van der Waals surface area contributed by atoms with Gasteiger partial charge in [0.1, 0.15) is 0 Å². The first-order valence-electron chi connectivity index (χ1n) is 4.44. The van der Waals surface area contributed by atoms with E-state index in [4.69, 9.17) is 5.73 Å². The highest BCUT2D eigenvalue weighted by Gasteiger charge is 2.28. The van der Waals surface area contributed by atoms with Crippen LogP contribution in [0.5, 0.6) is 0 Å². The molecule has 1 atom stereocenters. The van der Waals surface area contributed by atoms with E-state index in [9.17, 15) is 14.7 Å². The predicted octanol–water partition coefficient (Wildman–Crippen LogP) is -2.39. The molecular weight excluding hydrogens is 186 g/mol. The third kappa shape index (κ3) is 2.43. The molecule has 0 saturated carbocycles. The molecular formula is C8H15N3O3. The molecule has 2 amide bonds. The molecule has 0 aromatic heterocycles. The van der Waals surface area contributed by atoms with E-state index in [1.807, 2.05) is 0 Å². The van der Waals surface area contributed by atoms with E-state index in [0.717, 1.165) is 0 Å². The van der Waals surface area contributed by atoms with Crippen LogP contribution in [0.3, 0.4) is 0 Å². The molecule has 0 unspecified atom stereocenters. The van der Waals surface area contributed by atoms with Crippen molar-refractivity contribution < 1.29 is 14.7 Å². The summed E-state index contributed by atoms with van der Waals surface area (Å²) in [6.45, 7) is 0.339. The number of nitrogens with two attached hydrogens (primary N) is 1. The Morgan fingerprint density at radius 2 is 2.07 bits per heavy atom. The highest BCUT2D eigenvalue weighted by molar-refractivity contribution is 5.92. The second kappa shape index (κ2) is 4.39. The van der Waals surface area contributed by atoms with Crippen LogP contribution in [-0.4, -0.2) is 66.1 Å². The zero-order valence-electron chi connectivity index (χ0n) is 8.14. The molecule has 0 spiro atoms. The second-order valence-corrected chi connectivity index (χ2v) is 3.41. The van der Waals surface area contributed by atoms with Crippen molar-refractivity contribution in [1.29, 1.82) is 0 Å². The molecule has 1 fully saturated rings. The van der Waals surface area contributed by atoms with Gasteiger partial charge in [0, 0.05) is 20.1 Å². The number of nitrogens with zero attached hydrogens (tertiary/aromatic N) is 2. The fourth-order valence-corrected chi connectivity index (χ4v) is 1.26. The average Bonchev–Trinajstić information content (AvgIpc) is 2.14. The fourth-order valence-electron chi connectivity index (χ4n) is 1.26. The third-order valence-electron chi connectivity index (χ3n) is 2.18. The minimum atomic E-state index is -0.754. The van der Waals surface area contributed by atoms with E-state index < -0.39 is 6.10 Å². The molecule has 0 radical (unpaired) electrons. The standard InChI is InChI=1S/C8H15N3O3/c1-10-4-8(14)11(5-7(10)13)3-6(12)2-9/h6,12H,2-5,9H2,1H3/t6-/m0/s1. The molecule has 1 aliphatic rings. The van der Waals surface area contributed by atoms with E-state index in [1.165, 1.54) is 9.80 Å². The van der Waals surface area contributed by atoms with Crippen molar-refractivity contribution in [2.24, 2.45) is 5.73 Å². The van der Waals surface area contributed by atoms with Crippen LogP contribution >= 0.6 is 0 Å². The molecule has 0 bridgehead atoms. The fraction of sp³-hybridized carbons (Fsp3) is 0.750. The Balaban J connectivity index is 2.53. The summed E-state index contributed by atoms with van der Waals surface area (Å²) in [5.74, 6) is -0.270. The number of piperazine rings is 1. The molecule has 3 N–H and O–H groups in total. The van der Waals surface area contributed by atoms with Crippen LogP contribution in [0.1, 0.15) is 0 Å². The number of hydrogen-bond donors (Lipinski definition) is 2. The van der Waals surface area contributed by atoms with Gasteiger partial charge in [-0.15, -0.1) is 0 Å². The van der Waals surface area contributed by atoms with E-state index in [0.29, 0.717) is 0 Å². The van der Waals surface area contributed by atoms with E-state index in [2.05, 4.69) is 0 Å². The molecule has 0 aliphatic carbocycles. The minimum absolute atomic E-state index is 0.0341. The third-order valence-corrected chi connectivity index (χ3v) is 2.18. The molecule has 80 valence electrons. The van der Waals surface area contributed by atoms with Crippen molar-refractivity contribution in [3.63, 3.8) is 0 Å². The highest BCUT2D eigenvalue weighted by Crippen LogP contribution is 2.03. The van der Waals surface area contributed by atoms with Crippen LogP contribution in [0.2, 0.25) is 0 Å². The number of likely N-dealkylation sites (N-methyl/N-ethyl adjacent to an activating group) is 1. The summed E-state index contributed by atoms with van der Waals surface area (Å²) >= 11 is 0. The van der Waals surface area contributed by atoms with Gasteiger partial charge in [0.05, 0.1) is 19.2 Å². The lowest BCUT2D eigenvalue weighted by atomic mass is 10.2. The van der Waals surface area contributed by atoms with Gasteiger partial charge in [-0.3, -0.25) is 9.59 Å². The molecule has 0 aromatic carbocycles. The topological polar surface area (TPSA) is 86.9 Å². The number of amides is 2.